The lowest BCUT2D eigenvalue weighted by Crippen LogP contribution is -2.38. The molecule has 1 N–H and O–H groups in total. The Balaban J connectivity index is 1.87. The molecule has 0 radical (unpaired) electrons. The second-order valence-corrected chi connectivity index (χ2v) is 5.84. The number of benzene rings is 2. The van der Waals surface area contributed by atoms with Crippen LogP contribution in [0.5, 0.6) is 0 Å². The summed E-state index contributed by atoms with van der Waals surface area (Å²) >= 11 is 0. The van der Waals surface area contributed by atoms with Crippen LogP contribution in [0.25, 0.3) is 11.1 Å². The lowest BCUT2D eigenvalue weighted by molar-refractivity contribution is 0.137. The number of carboxylic acid groups (broad SMARTS) is 1. The summed E-state index contributed by atoms with van der Waals surface area (Å²) in [5, 5.41) is 9.47. The van der Waals surface area contributed by atoms with Crippen molar-refractivity contribution in [3.05, 3.63) is 59.7 Å². The summed E-state index contributed by atoms with van der Waals surface area (Å²) in [7, 11) is 0. The van der Waals surface area contributed by atoms with Crippen LogP contribution in [0.15, 0.2) is 48.5 Å². The molecule has 1 amide bonds. The fourth-order valence-corrected chi connectivity index (χ4v) is 3.99. The molecule has 3 nitrogen and oxygen atoms in total. The quantitative estimate of drug-likeness (QED) is 0.859. The first-order valence-electron chi connectivity index (χ1n) is 7.45. The van der Waals surface area contributed by atoms with E-state index >= 15 is 0 Å². The molecule has 2 aromatic rings. The maximum atomic E-state index is 11.5. The molecular weight excluding hydrogens is 262 g/mol. The maximum Gasteiger partial charge on any atom is 0.407 e. The van der Waals surface area contributed by atoms with Gasteiger partial charge in [-0.25, -0.2) is 4.79 Å². The number of nitrogens with zero attached hydrogens (tertiary/aromatic N) is 1. The summed E-state index contributed by atoms with van der Waals surface area (Å²) in [4.78, 5) is 13.1. The molecule has 1 fully saturated rings. The second kappa shape index (κ2) is 4.62. The predicted octanol–water partition coefficient (Wildman–Crippen LogP) is 3.94. The molecule has 1 saturated heterocycles. The van der Waals surface area contributed by atoms with Crippen molar-refractivity contribution in [3.8, 4) is 11.1 Å². The highest BCUT2D eigenvalue weighted by atomic mass is 16.4. The van der Waals surface area contributed by atoms with Crippen LogP contribution in [0.3, 0.4) is 0 Å². The molecule has 0 aromatic heterocycles. The van der Waals surface area contributed by atoms with Crippen LogP contribution in [0.4, 0.5) is 4.79 Å². The van der Waals surface area contributed by atoms with Crippen LogP contribution < -0.4 is 0 Å². The average molecular weight is 279 g/mol. The average Bonchev–Trinajstić information content (AvgIpc) is 3.09. The van der Waals surface area contributed by atoms with Gasteiger partial charge in [0.15, 0.2) is 0 Å². The number of hydrogen-bond donors (Lipinski definition) is 1. The molecule has 1 atom stereocenters. The first-order valence-corrected chi connectivity index (χ1v) is 7.45. The van der Waals surface area contributed by atoms with Gasteiger partial charge in [-0.05, 0) is 35.1 Å². The minimum atomic E-state index is -0.792. The summed E-state index contributed by atoms with van der Waals surface area (Å²) < 4.78 is 0. The zero-order valence-electron chi connectivity index (χ0n) is 11.7. The molecule has 21 heavy (non-hydrogen) atoms. The van der Waals surface area contributed by atoms with Crippen molar-refractivity contribution < 1.29 is 9.90 Å². The predicted molar refractivity (Wildman–Crippen MR) is 81.5 cm³/mol. The van der Waals surface area contributed by atoms with Crippen molar-refractivity contribution in [1.82, 2.24) is 4.90 Å². The Morgan fingerprint density at radius 1 is 1.00 bits per heavy atom. The van der Waals surface area contributed by atoms with E-state index in [0.717, 1.165) is 12.8 Å². The SMILES string of the molecule is O=C(O)N1CCCC1C1c2ccccc2-c2ccccc21. The molecular formula is C18H17NO2. The third-order valence-electron chi connectivity index (χ3n) is 4.81. The summed E-state index contributed by atoms with van der Waals surface area (Å²) in [5.74, 6) is 0.177. The van der Waals surface area contributed by atoms with Crippen LogP contribution in [0.2, 0.25) is 0 Å². The Morgan fingerprint density at radius 2 is 1.57 bits per heavy atom. The van der Waals surface area contributed by atoms with Crippen LogP contribution in [-0.4, -0.2) is 28.7 Å². The van der Waals surface area contributed by atoms with E-state index < -0.39 is 6.09 Å². The fraction of sp³-hybridized carbons (Fsp3) is 0.278. The van der Waals surface area contributed by atoms with Crippen molar-refractivity contribution in [2.45, 2.75) is 24.8 Å². The highest BCUT2D eigenvalue weighted by molar-refractivity contribution is 5.79. The highest BCUT2D eigenvalue weighted by Gasteiger charge is 2.40. The van der Waals surface area contributed by atoms with Crippen molar-refractivity contribution in [2.24, 2.45) is 0 Å². The standard InChI is InChI=1S/C18H17NO2/c20-18(21)19-11-5-10-16(19)17-14-8-3-1-6-12(14)13-7-2-4-9-15(13)17/h1-4,6-9,16-17H,5,10-11H2,(H,20,21). The van der Waals surface area contributed by atoms with E-state index in [1.54, 1.807) is 4.90 Å². The van der Waals surface area contributed by atoms with Gasteiger partial charge in [0.05, 0.1) is 0 Å². The minimum absolute atomic E-state index is 0.0623. The molecule has 106 valence electrons. The van der Waals surface area contributed by atoms with Gasteiger partial charge >= 0.3 is 6.09 Å². The van der Waals surface area contributed by atoms with Gasteiger partial charge in [-0.1, -0.05) is 48.5 Å². The van der Waals surface area contributed by atoms with Crippen molar-refractivity contribution in [2.75, 3.05) is 6.54 Å². The molecule has 2 aromatic carbocycles. The molecule has 1 unspecified atom stereocenters. The molecule has 0 saturated carbocycles. The first-order chi connectivity index (χ1) is 10.3. The topological polar surface area (TPSA) is 40.5 Å². The molecule has 1 heterocycles. The largest absolute Gasteiger partial charge is 0.465 e. The zero-order valence-corrected chi connectivity index (χ0v) is 11.7. The van der Waals surface area contributed by atoms with Gasteiger partial charge in [-0.15, -0.1) is 0 Å². The van der Waals surface area contributed by atoms with Gasteiger partial charge in [0.1, 0.15) is 0 Å². The number of rotatable bonds is 1. The summed E-state index contributed by atoms with van der Waals surface area (Å²) in [6.07, 6.45) is 1.11. The van der Waals surface area contributed by atoms with Crippen molar-refractivity contribution >= 4 is 6.09 Å². The molecule has 0 bridgehead atoms. The Kier molecular flexibility index (Phi) is 2.74. The fourth-order valence-electron chi connectivity index (χ4n) is 3.99. The molecule has 4 rings (SSSR count). The molecule has 2 aliphatic rings. The van der Waals surface area contributed by atoms with Gasteiger partial charge in [0, 0.05) is 18.5 Å². The zero-order chi connectivity index (χ0) is 14.4. The monoisotopic (exact) mass is 279 g/mol. The molecule has 1 aliphatic carbocycles. The number of amides is 1. The Morgan fingerprint density at radius 3 is 2.14 bits per heavy atom. The van der Waals surface area contributed by atoms with Crippen molar-refractivity contribution in [3.63, 3.8) is 0 Å². The van der Waals surface area contributed by atoms with Crippen LogP contribution in [-0.2, 0) is 0 Å². The number of likely N-dealkylation sites (tertiary alicyclic amines) is 1. The molecule has 3 heteroatoms. The first kappa shape index (κ1) is 12.5. The van der Waals surface area contributed by atoms with Gasteiger partial charge in [-0.3, -0.25) is 0 Å². The second-order valence-electron chi connectivity index (χ2n) is 5.84. The number of carbonyl (C=O) groups is 1. The summed E-state index contributed by atoms with van der Waals surface area (Å²) in [6.45, 7) is 0.654. The van der Waals surface area contributed by atoms with E-state index in [1.807, 2.05) is 0 Å². The van der Waals surface area contributed by atoms with E-state index in [1.165, 1.54) is 22.3 Å². The van der Waals surface area contributed by atoms with Gasteiger partial charge in [0.2, 0.25) is 0 Å². The number of fused-ring (bicyclic) bond motifs is 3. The Bertz CT molecular complexity index is 664. The highest BCUT2D eigenvalue weighted by Crippen LogP contribution is 2.49. The maximum absolute atomic E-state index is 11.5. The van der Waals surface area contributed by atoms with E-state index in [4.69, 9.17) is 0 Å². The van der Waals surface area contributed by atoms with E-state index in [2.05, 4.69) is 48.5 Å². The van der Waals surface area contributed by atoms with Crippen LogP contribution in [0, 0.1) is 0 Å². The third-order valence-corrected chi connectivity index (χ3v) is 4.81. The minimum Gasteiger partial charge on any atom is -0.465 e. The van der Waals surface area contributed by atoms with E-state index in [9.17, 15) is 9.90 Å². The van der Waals surface area contributed by atoms with Crippen LogP contribution >= 0.6 is 0 Å². The Hall–Kier alpha value is -2.29. The van der Waals surface area contributed by atoms with Crippen LogP contribution in [0.1, 0.15) is 29.9 Å². The van der Waals surface area contributed by atoms with E-state index in [-0.39, 0.29) is 12.0 Å². The van der Waals surface area contributed by atoms with E-state index in [0.29, 0.717) is 6.54 Å². The van der Waals surface area contributed by atoms with Gasteiger partial charge < -0.3 is 10.0 Å². The summed E-state index contributed by atoms with van der Waals surface area (Å²) in [5.41, 5.74) is 5.07. The summed E-state index contributed by atoms with van der Waals surface area (Å²) in [6, 6.07) is 16.9. The van der Waals surface area contributed by atoms with Gasteiger partial charge in [-0.2, -0.15) is 0 Å². The van der Waals surface area contributed by atoms with Gasteiger partial charge in [0.25, 0.3) is 0 Å². The van der Waals surface area contributed by atoms with Crippen molar-refractivity contribution in [1.29, 1.82) is 0 Å². The molecule has 0 spiro atoms. The lowest BCUT2D eigenvalue weighted by Gasteiger charge is -2.28. The Labute approximate surface area is 123 Å². The number of hydrogen-bond acceptors (Lipinski definition) is 1. The normalized spacial score (nSPS) is 20.4. The molecule has 1 aliphatic heterocycles. The lowest BCUT2D eigenvalue weighted by atomic mass is 9.88. The smallest absolute Gasteiger partial charge is 0.407 e. The third kappa shape index (κ3) is 1.77.